The van der Waals surface area contributed by atoms with Gasteiger partial charge < -0.3 is 15.0 Å². The molecule has 0 spiro atoms. The maximum Gasteiger partial charge on any atom is 0.307 e. The number of nitrogens with two attached hydrogens (primary N) is 1. The van der Waals surface area contributed by atoms with Gasteiger partial charge in [-0.2, -0.15) is 0 Å². The predicted octanol–water partition coefficient (Wildman–Crippen LogP) is 2.81. The Kier molecular flexibility index (Phi) is 5.24. The summed E-state index contributed by atoms with van der Waals surface area (Å²) in [5.41, 5.74) is 7.50. The van der Waals surface area contributed by atoms with Crippen LogP contribution in [0.5, 0.6) is 0 Å². The number of esters is 1. The zero-order valence-corrected chi connectivity index (χ0v) is 11.1. The van der Waals surface area contributed by atoms with E-state index in [9.17, 15) is 4.79 Å². The molecule has 0 fully saturated rings. The summed E-state index contributed by atoms with van der Waals surface area (Å²) in [7, 11) is 1.40. The normalized spacial score (nSPS) is 9.72. The molecule has 1 aromatic heterocycles. The Morgan fingerprint density at radius 1 is 1.33 bits per heavy atom. The van der Waals surface area contributed by atoms with Gasteiger partial charge in [0.05, 0.1) is 19.0 Å². The van der Waals surface area contributed by atoms with Crippen molar-refractivity contribution < 1.29 is 9.53 Å². The largest absolute Gasteiger partial charge is 0.469 e. The minimum absolute atomic E-state index is 0.203. The lowest BCUT2D eigenvalue weighted by molar-refractivity contribution is -0.140. The van der Waals surface area contributed by atoms with E-state index < -0.39 is 0 Å². The maximum atomic E-state index is 11.0. The molecule has 0 bridgehead atoms. The van der Waals surface area contributed by atoms with Crippen molar-refractivity contribution in [1.29, 1.82) is 0 Å². The number of benzene rings is 1. The van der Waals surface area contributed by atoms with Gasteiger partial charge in [-0.15, -0.1) is 0 Å². The lowest BCUT2D eigenvalue weighted by Gasteiger charge is -2.04. The highest BCUT2D eigenvalue weighted by molar-refractivity contribution is 5.83. The lowest BCUT2D eigenvalue weighted by atomic mass is 10.2. The second kappa shape index (κ2) is 6.69. The van der Waals surface area contributed by atoms with E-state index in [2.05, 4.69) is 4.74 Å². The summed E-state index contributed by atoms with van der Waals surface area (Å²) in [6.45, 7) is 4.61. The van der Waals surface area contributed by atoms with Crippen LogP contribution in [0.3, 0.4) is 0 Å². The molecule has 4 nitrogen and oxygen atoms in total. The van der Waals surface area contributed by atoms with Crippen molar-refractivity contribution in [3.63, 3.8) is 0 Å². The molecular weight excluding hydrogens is 228 g/mol. The highest BCUT2D eigenvalue weighted by Gasteiger charge is 2.04. The summed E-state index contributed by atoms with van der Waals surface area (Å²) >= 11 is 0. The highest BCUT2D eigenvalue weighted by Crippen LogP contribution is 2.19. The third-order valence-electron chi connectivity index (χ3n) is 2.58. The maximum absolute atomic E-state index is 11.0. The number of ether oxygens (including phenoxy) is 1. The van der Waals surface area contributed by atoms with E-state index in [4.69, 9.17) is 5.73 Å². The SMILES string of the molecule is CC.COC(=O)CCn1ccc2ccc(N)cc21. The molecule has 0 saturated heterocycles. The van der Waals surface area contributed by atoms with E-state index in [1.165, 1.54) is 7.11 Å². The number of rotatable bonds is 3. The number of carbonyl (C=O) groups is 1. The van der Waals surface area contributed by atoms with E-state index >= 15 is 0 Å². The van der Waals surface area contributed by atoms with Gasteiger partial charge >= 0.3 is 5.97 Å². The van der Waals surface area contributed by atoms with Crippen LogP contribution in [0.2, 0.25) is 0 Å². The molecule has 1 aromatic carbocycles. The van der Waals surface area contributed by atoms with E-state index in [1.54, 1.807) is 0 Å². The number of aromatic nitrogens is 1. The van der Waals surface area contributed by atoms with E-state index in [0.29, 0.717) is 13.0 Å². The quantitative estimate of drug-likeness (QED) is 0.671. The number of hydrogen-bond acceptors (Lipinski definition) is 3. The van der Waals surface area contributed by atoms with Crippen LogP contribution < -0.4 is 5.73 Å². The van der Waals surface area contributed by atoms with Gasteiger partial charge in [0.25, 0.3) is 0 Å². The Hall–Kier alpha value is -1.97. The summed E-state index contributed by atoms with van der Waals surface area (Å²) in [4.78, 5) is 11.0. The van der Waals surface area contributed by atoms with E-state index in [1.807, 2.05) is 48.9 Å². The molecule has 2 rings (SSSR count). The van der Waals surface area contributed by atoms with Crippen LogP contribution in [0.4, 0.5) is 5.69 Å². The zero-order chi connectivity index (χ0) is 13.5. The summed E-state index contributed by atoms with van der Waals surface area (Å²) in [6, 6.07) is 7.75. The summed E-state index contributed by atoms with van der Waals surface area (Å²) < 4.78 is 6.61. The Labute approximate surface area is 107 Å². The standard InChI is InChI=1S/C12H14N2O2.C2H6/c1-16-12(15)5-7-14-6-4-9-2-3-10(13)8-11(9)14;1-2/h2-4,6,8H,5,7,13H2,1H3;1-2H3. The molecule has 4 heteroatoms. The Balaban J connectivity index is 0.000000771. The van der Waals surface area contributed by atoms with Gasteiger partial charge in [-0.25, -0.2) is 0 Å². The number of aryl methyl sites for hydroxylation is 1. The first-order chi connectivity index (χ1) is 8.70. The molecule has 0 atom stereocenters. The fourth-order valence-corrected chi connectivity index (χ4v) is 1.71. The monoisotopic (exact) mass is 248 g/mol. The molecule has 0 unspecified atom stereocenters. The molecule has 1 heterocycles. The van der Waals surface area contributed by atoms with Gasteiger partial charge in [0.1, 0.15) is 0 Å². The molecule has 2 aromatic rings. The number of carbonyl (C=O) groups excluding carboxylic acids is 1. The van der Waals surface area contributed by atoms with Crippen LogP contribution in [0.1, 0.15) is 20.3 Å². The first-order valence-electron chi connectivity index (χ1n) is 6.12. The van der Waals surface area contributed by atoms with Gasteiger partial charge in [0.2, 0.25) is 0 Å². The van der Waals surface area contributed by atoms with Gasteiger partial charge in [-0.3, -0.25) is 4.79 Å². The topological polar surface area (TPSA) is 57.2 Å². The number of fused-ring (bicyclic) bond motifs is 1. The lowest BCUT2D eigenvalue weighted by Crippen LogP contribution is -2.06. The van der Waals surface area contributed by atoms with Crippen molar-refractivity contribution in [1.82, 2.24) is 4.57 Å². The molecule has 0 aliphatic carbocycles. The molecule has 0 amide bonds. The third-order valence-corrected chi connectivity index (χ3v) is 2.58. The molecular formula is C14H20N2O2. The van der Waals surface area contributed by atoms with Gasteiger partial charge in [0, 0.05) is 18.4 Å². The number of nitrogens with zero attached hydrogens (tertiary/aromatic N) is 1. The van der Waals surface area contributed by atoms with Gasteiger partial charge in [-0.1, -0.05) is 19.9 Å². The second-order valence-corrected chi connectivity index (χ2v) is 3.65. The van der Waals surface area contributed by atoms with Crippen molar-refractivity contribution in [2.45, 2.75) is 26.8 Å². The average Bonchev–Trinajstić information content (AvgIpc) is 2.80. The van der Waals surface area contributed by atoms with Gasteiger partial charge in [-0.05, 0) is 23.6 Å². The molecule has 0 saturated carbocycles. The first kappa shape index (κ1) is 14.1. The Morgan fingerprint density at radius 3 is 2.72 bits per heavy atom. The van der Waals surface area contributed by atoms with E-state index in [0.717, 1.165) is 16.6 Å². The molecule has 98 valence electrons. The first-order valence-corrected chi connectivity index (χ1v) is 6.12. The van der Waals surface area contributed by atoms with Crippen LogP contribution in [-0.4, -0.2) is 17.6 Å². The molecule has 0 radical (unpaired) electrons. The summed E-state index contributed by atoms with van der Waals surface area (Å²) in [5, 5.41) is 1.12. The highest BCUT2D eigenvalue weighted by atomic mass is 16.5. The smallest absolute Gasteiger partial charge is 0.307 e. The summed E-state index contributed by atoms with van der Waals surface area (Å²) in [5.74, 6) is -0.203. The molecule has 2 N–H and O–H groups in total. The molecule has 18 heavy (non-hydrogen) atoms. The minimum Gasteiger partial charge on any atom is -0.469 e. The van der Waals surface area contributed by atoms with Gasteiger partial charge in [0.15, 0.2) is 0 Å². The summed E-state index contributed by atoms with van der Waals surface area (Å²) in [6.07, 6.45) is 2.32. The van der Waals surface area contributed by atoms with Crippen LogP contribution in [0.15, 0.2) is 30.5 Å². The number of nitrogen functional groups attached to an aromatic ring is 1. The Bertz CT molecular complexity index is 517. The predicted molar refractivity (Wildman–Crippen MR) is 74.3 cm³/mol. The fourth-order valence-electron chi connectivity index (χ4n) is 1.71. The van der Waals surface area contributed by atoms with Crippen LogP contribution in [0, 0.1) is 0 Å². The fraction of sp³-hybridized carbons (Fsp3) is 0.357. The minimum atomic E-state index is -0.203. The van der Waals surface area contributed by atoms with Crippen LogP contribution >= 0.6 is 0 Å². The van der Waals surface area contributed by atoms with Crippen molar-refractivity contribution >= 4 is 22.6 Å². The second-order valence-electron chi connectivity index (χ2n) is 3.65. The van der Waals surface area contributed by atoms with E-state index in [-0.39, 0.29) is 5.97 Å². The van der Waals surface area contributed by atoms with Crippen LogP contribution in [-0.2, 0) is 16.1 Å². The molecule has 0 aliphatic heterocycles. The number of methoxy groups -OCH3 is 1. The van der Waals surface area contributed by atoms with Crippen molar-refractivity contribution in [3.05, 3.63) is 30.5 Å². The van der Waals surface area contributed by atoms with Crippen molar-refractivity contribution in [3.8, 4) is 0 Å². The van der Waals surface area contributed by atoms with Crippen LogP contribution in [0.25, 0.3) is 10.9 Å². The van der Waals surface area contributed by atoms with Crippen molar-refractivity contribution in [2.24, 2.45) is 0 Å². The number of anilines is 1. The Morgan fingerprint density at radius 2 is 2.06 bits per heavy atom. The third kappa shape index (κ3) is 3.26. The molecule has 0 aliphatic rings. The van der Waals surface area contributed by atoms with Crippen molar-refractivity contribution in [2.75, 3.05) is 12.8 Å². The average molecular weight is 248 g/mol. The zero-order valence-electron chi connectivity index (χ0n) is 11.1. The number of hydrogen-bond donors (Lipinski definition) is 1.